The number of ether oxygens (including phenoxy) is 1. The maximum atomic E-state index is 14.0. The number of methoxy groups -OCH3 is 1. The Kier molecular flexibility index (Phi) is 5.88. The van der Waals surface area contributed by atoms with Crippen molar-refractivity contribution in [1.29, 1.82) is 0 Å². The monoisotopic (exact) mass is 420 g/mol. The van der Waals surface area contributed by atoms with Gasteiger partial charge >= 0.3 is 0 Å². The van der Waals surface area contributed by atoms with Crippen molar-refractivity contribution in [2.75, 3.05) is 7.11 Å². The summed E-state index contributed by atoms with van der Waals surface area (Å²) in [5.41, 5.74) is 0.435. The average Bonchev–Trinajstić information content (AvgIpc) is 2.67. The zero-order valence-corrected chi connectivity index (χ0v) is 16.7. The number of carbonyl (C=O) groups excluding carboxylic acids is 1. The predicted molar refractivity (Wildman–Crippen MR) is 107 cm³/mol. The third-order valence-corrected chi connectivity index (χ3v) is 5.21. The number of nitrogens with one attached hydrogen (secondary N) is 2. The zero-order chi connectivity index (χ0) is 21.3. The molecule has 3 aromatic rings. The van der Waals surface area contributed by atoms with Crippen molar-refractivity contribution < 1.29 is 18.3 Å². The lowest BCUT2D eigenvalue weighted by atomic mass is 9.98. The molecule has 1 heterocycles. The van der Waals surface area contributed by atoms with Crippen LogP contribution < -0.4 is 15.6 Å². The molecule has 1 aromatic heterocycles. The number of carbonyl (C=O) groups is 1. The number of hydrogen-bond acceptors (Lipinski definition) is 3. The number of pyridine rings is 1. The van der Waals surface area contributed by atoms with Crippen LogP contribution in [0.1, 0.15) is 36.9 Å². The quantitative estimate of drug-likeness (QED) is 0.640. The molecule has 0 aliphatic heterocycles. The number of hydrogen-bond donors (Lipinski definition) is 2. The van der Waals surface area contributed by atoms with Gasteiger partial charge in [-0.2, -0.15) is 0 Å². The molecule has 1 amide bonds. The molecule has 29 heavy (non-hydrogen) atoms. The van der Waals surface area contributed by atoms with Gasteiger partial charge in [0.2, 0.25) is 5.91 Å². The Morgan fingerprint density at radius 2 is 1.86 bits per heavy atom. The van der Waals surface area contributed by atoms with Crippen LogP contribution in [0.5, 0.6) is 5.75 Å². The first-order chi connectivity index (χ1) is 13.7. The number of aromatic nitrogens is 1. The van der Waals surface area contributed by atoms with Crippen molar-refractivity contribution >= 4 is 28.4 Å². The molecule has 152 valence electrons. The molecule has 8 heteroatoms. The third kappa shape index (κ3) is 4.10. The van der Waals surface area contributed by atoms with Crippen molar-refractivity contribution in [2.24, 2.45) is 0 Å². The second-order valence-corrected chi connectivity index (χ2v) is 7.09. The fourth-order valence-corrected chi connectivity index (χ4v) is 3.42. The number of H-pyrrole nitrogens is 1. The van der Waals surface area contributed by atoms with Gasteiger partial charge in [-0.1, -0.05) is 17.7 Å². The highest BCUT2D eigenvalue weighted by atomic mass is 35.5. The van der Waals surface area contributed by atoms with Crippen LogP contribution >= 0.6 is 11.6 Å². The van der Waals surface area contributed by atoms with Gasteiger partial charge in [-0.15, -0.1) is 0 Å². The minimum absolute atomic E-state index is 0.146. The molecule has 0 spiro atoms. The van der Waals surface area contributed by atoms with Crippen molar-refractivity contribution in [1.82, 2.24) is 10.3 Å². The van der Waals surface area contributed by atoms with E-state index in [1.807, 2.05) is 0 Å². The third-order valence-electron chi connectivity index (χ3n) is 4.82. The van der Waals surface area contributed by atoms with E-state index in [4.69, 9.17) is 16.3 Å². The minimum Gasteiger partial charge on any atom is -0.495 e. The zero-order valence-electron chi connectivity index (χ0n) is 16.0. The average molecular weight is 421 g/mol. The van der Waals surface area contributed by atoms with Gasteiger partial charge in [-0.25, -0.2) is 8.78 Å². The summed E-state index contributed by atoms with van der Waals surface area (Å²) < 4.78 is 32.2. The van der Waals surface area contributed by atoms with E-state index in [-0.39, 0.29) is 11.1 Å². The summed E-state index contributed by atoms with van der Waals surface area (Å²) in [6, 6.07) is 7.28. The maximum Gasteiger partial charge on any atom is 0.252 e. The smallest absolute Gasteiger partial charge is 0.252 e. The van der Waals surface area contributed by atoms with Crippen LogP contribution in [-0.2, 0) is 4.79 Å². The second-order valence-electron chi connectivity index (χ2n) is 6.71. The van der Waals surface area contributed by atoms with Crippen LogP contribution in [0.15, 0.2) is 41.2 Å². The first kappa shape index (κ1) is 20.8. The van der Waals surface area contributed by atoms with E-state index in [1.54, 1.807) is 32.0 Å². The largest absolute Gasteiger partial charge is 0.495 e. The Labute approximate surface area is 170 Å². The summed E-state index contributed by atoms with van der Waals surface area (Å²) in [7, 11) is 1.48. The fraction of sp³-hybridized carbons (Fsp3) is 0.238. The van der Waals surface area contributed by atoms with Crippen LogP contribution in [0.2, 0.25) is 5.02 Å². The molecule has 3 rings (SSSR count). The van der Waals surface area contributed by atoms with Gasteiger partial charge in [0.15, 0.2) is 0 Å². The standard InChI is InChI=1S/C21H19ClF2N2O3/c1-10(20(27)25-11(2)13-5-4-12(23)8-16(13)24)14-9-15-17(26-21(14)28)6-7-18(29-3)19(15)22/h4-11H,1-3H3,(H,25,27)(H,26,28)/t10?,11-/m0/s1. The molecule has 2 atom stereocenters. The topological polar surface area (TPSA) is 71.2 Å². The van der Waals surface area contributed by atoms with E-state index < -0.39 is 35.1 Å². The van der Waals surface area contributed by atoms with Crippen molar-refractivity contribution in [3.05, 3.63) is 74.5 Å². The lowest BCUT2D eigenvalue weighted by molar-refractivity contribution is -0.122. The van der Waals surface area contributed by atoms with E-state index in [0.717, 1.165) is 12.1 Å². The SMILES string of the molecule is COc1ccc2[nH]c(=O)c(C(C)C(=O)N[C@@H](C)c3ccc(F)cc3F)cc2c1Cl. The number of rotatable bonds is 5. The first-order valence-corrected chi connectivity index (χ1v) is 9.25. The second kappa shape index (κ2) is 8.21. The molecule has 0 bridgehead atoms. The molecule has 5 nitrogen and oxygen atoms in total. The summed E-state index contributed by atoms with van der Waals surface area (Å²) in [6.45, 7) is 3.14. The number of benzene rings is 2. The molecule has 1 unspecified atom stereocenters. The Morgan fingerprint density at radius 3 is 2.52 bits per heavy atom. The number of amides is 1. The molecular weight excluding hydrogens is 402 g/mol. The summed E-state index contributed by atoms with van der Waals surface area (Å²) in [6.07, 6.45) is 0. The number of halogens is 3. The lowest BCUT2D eigenvalue weighted by Crippen LogP contribution is -2.33. The minimum atomic E-state index is -0.837. The van der Waals surface area contributed by atoms with Crippen LogP contribution in [0.3, 0.4) is 0 Å². The van der Waals surface area contributed by atoms with Gasteiger partial charge < -0.3 is 15.0 Å². The number of aromatic amines is 1. The van der Waals surface area contributed by atoms with Crippen molar-refractivity contribution in [3.63, 3.8) is 0 Å². The van der Waals surface area contributed by atoms with Gasteiger partial charge in [-0.3, -0.25) is 9.59 Å². The summed E-state index contributed by atoms with van der Waals surface area (Å²) >= 11 is 6.32. The molecule has 2 aromatic carbocycles. The van der Waals surface area contributed by atoms with Crippen LogP contribution in [0.4, 0.5) is 8.78 Å². The van der Waals surface area contributed by atoms with Crippen LogP contribution in [0, 0.1) is 11.6 Å². The Balaban J connectivity index is 1.90. The summed E-state index contributed by atoms with van der Waals surface area (Å²) in [5.74, 6) is -2.34. The maximum absolute atomic E-state index is 14.0. The Hall–Kier alpha value is -2.93. The van der Waals surface area contributed by atoms with E-state index in [1.165, 1.54) is 13.2 Å². The summed E-state index contributed by atoms with van der Waals surface area (Å²) in [5, 5.41) is 3.51. The highest BCUT2D eigenvalue weighted by Crippen LogP contribution is 2.32. The molecule has 0 fully saturated rings. The van der Waals surface area contributed by atoms with Crippen molar-refractivity contribution in [3.8, 4) is 5.75 Å². The highest BCUT2D eigenvalue weighted by molar-refractivity contribution is 6.36. The number of fused-ring (bicyclic) bond motifs is 1. The van der Waals surface area contributed by atoms with Crippen LogP contribution in [0.25, 0.3) is 10.9 Å². The lowest BCUT2D eigenvalue weighted by Gasteiger charge is -2.19. The van der Waals surface area contributed by atoms with Gasteiger partial charge in [0.1, 0.15) is 17.4 Å². The first-order valence-electron chi connectivity index (χ1n) is 8.87. The molecule has 0 saturated heterocycles. The van der Waals surface area contributed by atoms with Crippen molar-refractivity contribution in [2.45, 2.75) is 25.8 Å². The molecule has 0 radical (unpaired) electrons. The normalized spacial score (nSPS) is 13.2. The van der Waals surface area contributed by atoms with E-state index in [9.17, 15) is 18.4 Å². The molecule has 2 N–H and O–H groups in total. The van der Waals surface area contributed by atoms with E-state index >= 15 is 0 Å². The van der Waals surface area contributed by atoms with E-state index in [2.05, 4.69) is 10.3 Å². The highest BCUT2D eigenvalue weighted by Gasteiger charge is 2.23. The van der Waals surface area contributed by atoms with Gasteiger partial charge in [0.25, 0.3) is 5.56 Å². The fourth-order valence-electron chi connectivity index (χ4n) is 3.13. The molecule has 0 aliphatic rings. The van der Waals surface area contributed by atoms with Gasteiger partial charge in [0.05, 0.1) is 29.6 Å². The van der Waals surface area contributed by atoms with Gasteiger partial charge in [0, 0.05) is 22.6 Å². The molecular formula is C21H19ClF2N2O3. The van der Waals surface area contributed by atoms with Crippen LogP contribution in [-0.4, -0.2) is 18.0 Å². The van der Waals surface area contributed by atoms with E-state index in [0.29, 0.717) is 21.7 Å². The Bertz CT molecular complexity index is 1150. The molecule has 0 saturated carbocycles. The Morgan fingerprint density at radius 1 is 1.14 bits per heavy atom. The summed E-state index contributed by atoms with van der Waals surface area (Å²) in [4.78, 5) is 27.9. The van der Waals surface area contributed by atoms with Gasteiger partial charge in [-0.05, 0) is 38.1 Å². The predicted octanol–water partition coefficient (Wildman–Crippen LogP) is 4.45. The molecule has 0 aliphatic carbocycles.